The van der Waals surface area contributed by atoms with Gasteiger partial charge in [-0.2, -0.15) is 0 Å². The average Bonchev–Trinajstić information content (AvgIpc) is 0.811. The summed E-state index contributed by atoms with van der Waals surface area (Å²) in [5.74, 6) is 0.167. The second-order valence-corrected chi connectivity index (χ2v) is 0.908. The molecule has 0 spiro atoms. The highest BCUT2D eigenvalue weighted by Gasteiger charge is 1.62. The second kappa shape index (κ2) is 17.7. The molecule has 0 aliphatic heterocycles. The third-order valence-electron chi connectivity index (χ3n) is 0. The van der Waals surface area contributed by atoms with Crippen LogP contribution >= 0.6 is 0 Å². The van der Waals surface area contributed by atoms with Crippen molar-refractivity contribution < 1.29 is 21.2 Å². The second-order valence-electron chi connectivity index (χ2n) is 0.908. The number of rotatable bonds is 0. The lowest BCUT2D eigenvalue weighted by Gasteiger charge is -1.56. The van der Waals surface area contributed by atoms with Gasteiger partial charge in [0.15, 0.2) is 0 Å². The van der Waals surface area contributed by atoms with Gasteiger partial charge in [-0.15, -0.1) is 0 Å². The van der Waals surface area contributed by atoms with Crippen LogP contribution in [0.4, 0.5) is 0 Å². The molecule has 0 unspecified atom stereocenters. The molecular weight excluding hydrogens is 100 g/mol. The number of Topliss-reactive ketones (excluding diaryl/α,β-unsaturated/α-hetero) is 1. The summed E-state index contributed by atoms with van der Waals surface area (Å²) in [7, 11) is 0. The van der Waals surface area contributed by atoms with E-state index < -0.39 is 0 Å². The monoisotopic (exact) mass is 112 g/mol. The predicted molar refractivity (Wildman–Crippen MR) is 27.2 cm³/mol. The molecule has 4 heteroatoms. The molecule has 0 amide bonds. The minimum Gasteiger partial charge on any atom is -0.412 e. The Labute approximate surface area is 42.1 Å². The van der Waals surface area contributed by atoms with E-state index in [0.717, 1.165) is 0 Å². The fourth-order valence-corrected chi connectivity index (χ4v) is 0. The minimum absolute atomic E-state index is 0. The predicted octanol–water partition coefficient (Wildman–Crippen LogP) is -1.88. The molecule has 0 aliphatic carbocycles. The van der Waals surface area contributed by atoms with Gasteiger partial charge in [0.1, 0.15) is 5.78 Å². The largest absolute Gasteiger partial charge is 0.412 e. The zero-order chi connectivity index (χ0) is 3.58. The molecule has 0 fully saturated rings. The van der Waals surface area contributed by atoms with Crippen LogP contribution in [-0.2, 0) is 4.79 Å². The molecule has 7 heavy (non-hydrogen) atoms. The Morgan fingerprint density at radius 3 is 1.00 bits per heavy atom. The van der Waals surface area contributed by atoms with Crippen molar-refractivity contribution in [3.63, 3.8) is 0 Å². The van der Waals surface area contributed by atoms with E-state index in [-0.39, 0.29) is 22.2 Å². The Morgan fingerprint density at radius 1 is 1.00 bits per heavy atom. The summed E-state index contributed by atoms with van der Waals surface area (Å²) in [6, 6.07) is 0. The van der Waals surface area contributed by atoms with E-state index in [1.165, 1.54) is 13.8 Å². The zero-order valence-corrected chi connectivity index (χ0v) is 4.41. The topological polar surface area (TPSA) is 112 Å². The van der Waals surface area contributed by atoms with Crippen molar-refractivity contribution in [1.29, 1.82) is 0 Å². The Morgan fingerprint density at radius 2 is 1.00 bits per heavy atom. The Hall–Kier alpha value is -0.450. The molecule has 0 saturated heterocycles. The summed E-state index contributed by atoms with van der Waals surface area (Å²) in [6.45, 7) is 3.06. The van der Waals surface area contributed by atoms with Gasteiger partial charge in [0.25, 0.3) is 0 Å². The highest BCUT2D eigenvalue weighted by molar-refractivity contribution is 5.72. The molecule has 0 radical (unpaired) electrons. The van der Waals surface area contributed by atoms with Crippen molar-refractivity contribution in [3.8, 4) is 0 Å². The zero-order valence-electron chi connectivity index (χ0n) is 4.41. The van der Waals surface area contributed by atoms with Gasteiger partial charge in [-0.1, -0.05) is 0 Å². The standard InChI is InChI=1S/C3H6O.3H2O/c1-3(2)4;;;/h1-2H3;3*1H2. The number of carbonyl (C=O) groups excluding carboxylic acids is 1. The number of ketones is 1. The van der Waals surface area contributed by atoms with Crippen LogP contribution in [0.15, 0.2) is 0 Å². The average molecular weight is 112 g/mol. The van der Waals surface area contributed by atoms with E-state index in [2.05, 4.69) is 0 Å². The summed E-state index contributed by atoms with van der Waals surface area (Å²) >= 11 is 0. The maximum Gasteiger partial charge on any atom is 0.126 e. The molecule has 48 valence electrons. The highest BCUT2D eigenvalue weighted by atomic mass is 16.1. The first-order valence-corrected chi connectivity index (χ1v) is 1.20. The van der Waals surface area contributed by atoms with Gasteiger partial charge in [0.05, 0.1) is 0 Å². The van der Waals surface area contributed by atoms with E-state index in [9.17, 15) is 4.79 Å². The maximum atomic E-state index is 9.44. The van der Waals surface area contributed by atoms with Crippen molar-refractivity contribution >= 4 is 5.78 Å². The maximum absolute atomic E-state index is 9.44. The van der Waals surface area contributed by atoms with Crippen molar-refractivity contribution in [3.05, 3.63) is 0 Å². The smallest absolute Gasteiger partial charge is 0.126 e. The fraction of sp³-hybridized carbons (Fsp3) is 0.667. The number of hydrogen-bond donors (Lipinski definition) is 0. The fourth-order valence-electron chi connectivity index (χ4n) is 0. The van der Waals surface area contributed by atoms with Crippen LogP contribution in [0.2, 0.25) is 0 Å². The van der Waals surface area contributed by atoms with Crippen LogP contribution in [0.5, 0.6) is 0 Å². The highest BCUT2D eigenvalue weighted by Crippen LogP contribution is 1.50. The Bertz CT molecular complexity index is 29.9. The molecule has 4 nitrogen and oxygen atoms in total. The summed E-state index contributed by atoms with van der Waals surface area (Å²) in [5, 5.41) is 0. The van der Waals surface area contributed by atoms with E-state index in [1.807, 2.05) is 0 Å². The molecule has 0 aromatic rings. The van der Waals surface area contributed by atoms with E-state index >= 15 is 0 Å². The van der Waals surface area contributed by atoms with E-state index in [0.29, 0.717) is 0 Å². The van der Waals surface area contributed by atoms with Crippen LogP contribution in [0.1, 0.15) is 13.8 Å². The summed E-state index contributed by atoms with van der Waals surface area (Å²) < 4.78 is 0. The first-order valence-electron chi connectivity index (χ1n) is 1.20. The lowest BCUT2D eigenvalue weighted by atomic mass is 10.6. The lowest BCUT2D eigenvalue weighted by molar-refractivity contribution is -0.114. The molecule has 0 heterocycles. The Kier molecular flexibility index (Phi) is 78.3. The first kappa shape index (κ1) is 31.0. The molecule has 0 rings (SSSR count). The molecule has 0 saturated carbocycles. The van der Waals surface area contributed by atoms with Gasteiger partial charge in [0.2, 0.25) is 0 Å². The Balaban J connectivity index is -0.0000000150. The number of carbonyl (C=O) groups is 1. The van der Waals surface area contributed by atoms with Crippen LogP contribution in [0, 0.1) is 0 Å². The summed E-state index contributed by atoms with van der Waals surface area (Å²) in [4.78, 5) is 9.44. The van der Waals surface area contributed by atoms with Crippen LogP contribution in [0.25, 0.3) is 0 Å². The SMILES string of the molecule is CC(C)=O.O.O.O. The normalized spacial score (nSPS) is 3.71. The van der Waals surface area contributed by atoms with Crippen LogP contribution in [-0.4, -0.2) is 22.2 Å². The molecular formula is C3H12O4. The van der Waals surface area contributed by atoms with Crippen molar-refractivity contribution in [2.75, 3.05) is 0 Å². The molecule has 0 aromatic carbocycles. The molecule has 0 atom stereocenters. The third-order valence-corrected chi connectivity index (χ3v) is 0. The van der Waals surface area contributed by atoms with E-state index in [1.54, 1.807) is 0 Å². The van der Waals surface area contributed by atoms with Gasteiger partial charge in [0, 0.05) is 0 Å². The quantitative estimate of drug-likeness (QED) is 0.359. The molecule has 6 N–H and O–H groups in total. The van der Waals surface area contributed by atoms with Crippen molar-refractivity contribution in [2.45, 2.75) is 13.8 Å². The van der Waals surface area contributed by atoms with Crippen molar-refractivity contribution in [1.82, 2.24) is 0 Å². The van der Waals surface area contributed by atoms with Gasteiger partial charge in [-0.25, -0.2) is 0 Å². The minimum atomic E-state index is 0. The number of hydrogen-bond acceptors (Lipinski definition) is 1. The van der Waals surface area contributed by atoms with E-state index in [4.69, 9.17) is 0 Å². The first-order chi connectivity index (χ1) is 1.73. The summed E-state index contributed by atoms with van der Waals surface area (Å²) in [5.41, 5.74) is 0. The summed E-state index contributed by atoms with van der Waals surface area (Å²) in [6.07, 6.45) is 0. The van der Waals surface area contributed by atoms with Crippen LogP contribution < -0.4 is 0 Å². The lowest BCUT2D eigenvalue weighted by Crippen LogP contribution is -1.69. The van der Waals surface area contributed by atoms with Gasteiger partial charge in [-0.3, -0.25) is 0 Å². The van der Waals surface area contributed by atoms with Gasteiger partial charge >= 0.3 is 0 Å². The van der Waals surface area contributed by atoms with Crippen LogP contribution in [0.3, 0.4) is 0 Å². The molecule has 0 bridgehead atoms. The third kappa shape index (κ3) is 345. The van der Waals surface area contributed by atoms with Gasteiger partial charge < -0.3 is 21.2 Å². The molecule has 0 aromatic heterocycles. The molecule has 0 aliphatic rings. The van der Waals surface area contributed by atoms with Gasteiger partial charge in [-0.05, 0) is 13.8 Å². The van der Waals surface area contributed by atoms with Crippen molar-refractivity contribution in [2.24, 2.45) is 0 Å².